The summed E-state index contributed by atoms with van der Waals surface area (Å²) in [6, 6.07) is 0. The molecule has 1 heteroatoms. The highest BCUT2D eigenvalue weighted by Crippen LogP contribution is 2.59. The molecule has 0 aromatic heterocycles. The van der Waals surface area contributed by atoms with Crippen molar-refractivity contribution >= 4 is 0 Å². The van der Waals surface area contributed by atoms with Gasteiger partial charge in [-0.05, 0) is 79.8 Å². The summed E-state index contributed by atoms with van der Waals surface area (Å²) in [5, 5.41) is 9.84. The third-order valence-corrected chi connectivity index (χ3v) is 6.64. The topological polar surface area (TPSA) is 20.2 Å². The van der Waals surface area contributed by atoms with Crippen molar-refractivity contribution < 1.29 is 5.11 Å². The fourth-order valence-electron chi connectivity index (χ4n) is 5.64. The summed E-state index contributed by atoms with van der Waals surface area (Å²) < 4.78 is 0. The summed E-state index contributed by atoms with van der Waals surface area (Å²) in [4.78, 5) is 0. The predicted octanol–water partition coefficient (Wildman–Crippen LogP) is 4.37. The van der Waals surface area contributed by atoms with E-state index >= 15 is 0 Å². The van der Waals surface area contributed by atoms with Gasteiger partial charge >= 0.3 is 0 Å². The highest BCUT2D eigenvalue weighted by Gasteiger charge is 2.48. The normalized spacial score (nSPS) is 45.4. The van der Waals surface area contributed by atoms with Gasteiger partial charge in [-0.2, -0.15) is 0 Å². The van der Waals surface area contributed by atoms with Crippen molar-refractivity contribution in [2.75, 3.05) is 0 Å². The van der Waals surface area contributed by atoms with Crippen LogP contribution < -0.4 is 0 Å². The Balaban J connectivity index is 1.73. The molecule has 4 atom stereocenters. The van der Waals surface area contributed by atoms with Gasteiger partial charge in [0, 0.05) is 0 Å². The van der Waals surface area contributed by atoms with Gasteiger partial charge in [0.25, 0.3) is 0 Å². The molecule has 3 unspecified atom stereocenters. The van der Waals surface area contributed by atoms with Gasteiger partial charge in [0.15, 0.2) is 0 Å². The molecule has 2 saturated carbocycles. The fraction of sp³-hybridized carbons (Fsp3) is 0.778. The fourth-order valence-corrected chi connectivity index (χ4v) is 5.64. The zero-order chi connectivity index (χ0) is 13.0. The molecule has 4 aliphatic rings. The van der Waals surface area contributed by atoms with Crippen LogP contribution in [-0.4, -0.2) is 11.2 Å². The average Bonchev–Trinajstić information content (AvgIpc) is 2.79. The van der Waals surface area contributed by atoms with E-state index in [1.807, 2.05) is 5.57 Å². The van der Waals surface area contributed by atoms with Crippen LogP contribution in [0.4, 0.5) is 0 Å². The molecule has 1 nitrogen and oxygen atoms in total. The molecule has 104 valence electrons. The molecule has 2 fully saturated rings. The van der Waals surface area contributed by atoms with Gasteiger partial charge < -0.3 is 5.11 Å². The molecule has 0 aliphatic heterocycles. The smallest absolute Gasteiger partial charge is 0.0729 e. The van der Waals surface area contributed by atoms with Crippen LogP contribution in [0.3, 0.4) is 0 Å². The molecule has 1 N–H and O–H groups in total. The van der Waals surface area contributed by atoms with E-state index < -0.39 is 0 Å². The second kappa shape index (κ2) is 4.22. The summed E-state index contributed by atoms with van der Waals surface area (Å²) in [6.45, 7) is 2.56. The largest absolute Gasteiger partial charge is 0.389 e. The van der Waals surface area contributed by atoms with E-state index in [1.165, 1.54) is 50.5 Å². The molecule has 0 bridgehead atoms. The van der Waals surface area contributed by atoms with Crippen molar-refractivity contribution in [2.45, 2.75) is 70.8 Å². The quantitative estimate of drug-likeness (QED) is 0.684. The highest BCUT2D eigenvalue weighted by molar-refractivity contribution is 5.43. The first kappa shape index (κ1) is 12.2. The van der Waals surface area contributed by atoms with Crippen molar-refractivity contribution in [1.82, 2.24) is 0 Å². The minimum absolute atomic E-state index is 0.170. The molecular formula is C18H26O. The Labute approximate surface area is 116 Å². The minimum atomic E-state index is -0.170. The molecule has 19 heavy (non-hydrogen) atoms. The molecular weight excluding hydrogens is 232 g/mol. The lowest BCUT2D eigenvalue weighted by atomic mass is 9.58. The molecule has 0 heterocycles. The van der Waals surface area contributed by atoms with E-state index in [0.717, 1.165) is 24.7 Å². The van der Waals surface area contributed by atoms with Crippen molar-refractivity contribution in [1.29, 1.82) is 0 Å². The van der Waals surface area contributed by atoms with Gasteiger partial charge in [-0.1, -0.05) is 25.0 Å². The molecule has 0 aromatic rings. The monoisotopic (exact) mass is 258 g/mol. The molecule has 0 spiro atoms. The van der Waals surface area contributed by atoms with Crippen molar-refractivity contribution in [2.24, 2.45) is 17.3 Å². The van der Waals surface area contributed by atoms with Crippen LogP contribution in [0.5, 0.6) is 0 Å². The van der Waals surface area contributed by atoms with E-state index in [-0.39, 0.29) is 6.10 Å². The Morgan fingerprint density at radius 3 is 2.89 bits per heavy atom. The van der Waals surface area contributed by atoms with E-state index in [9.17, 15) is 5.11 Å². The maximum absolute atomic E-state index is 9.84. The first-order valence-corrected chi connectivity index (χ1v) is 8.28. The lowest BCUT2D eigenvalue weighted by Gasteiger charge is -2.47. The Bertz CT molecular complexity index is 458. The van der Waals surface area contributed by atoms with Crippen LogP contribution in [0.1, 0.15) is 64.7 Å². The van der Waals surface area contributed by atoms with Crippen LogP contribution in [-0.2, 0) is 0 Å². The summed E-state index contributed by atoms with van der Waals surface area (Å²) in [6.07, 6.45) is 13.8. The molecule has 0 aromatic carbocycles. The Kier molecular flexibility index (Phi) is 2.71. The minimum Gasteiger partial charge on any atom is -0.389 e. The zero-order valence-corrected chi connectivity index (χ0v) is 12.1. The van der Waals surface area contributed by atoms with Crippen LogP contribution in [0.25, 0.3) is 0 Å². The average molecular weight is 258 g/mol. The lowest BCUT2D eigenvalue weighted by Crippen LogP contribution is -2.37. The van der Waals surface area contributed by atoms with Gasteiger partial charge in [-0.3, -0.25) is 0 Å². The Hall–Kier alpha value is -0.560. The molecule has 4 aliphatic carbocycles. The maximum atomic E-state index is 9.84. The Morgan fingerprint density at radius 2 is 2.00 bits per heavy atom. The van der Waals surface area contributed by atoms with Crippen LogP contribution >= 0.6 is 0 Å². The zero-order valence-electron chi connectivity index (χ0n) is 12.1. The number of aliphatic hydroxyl groups is 1. The summed E-state index contributed by atoms with van der Waals surface area (Å²) >= 11 is 0. The van der Waals surface area contributed by atoms with Gasteiger partial charge in [0.05, 0.1) is 6.10 Å². The maximum Gasteiger partial charge on any atom is 0.0729 e. The molecule has 0 amide bonds. The first-order valence-electron chi connectivity index (χ1n) is 8.28. The van der Waals surface area contributed by atoms with E-state index in [4.69, 9.17) is 0 Å². The van der Waals surface area contributed by atoms with E-state index in [0.29, 0.717) is 5.41 Å². The number of hydrogen-bond donors (Lipinski definition) is 1. The number of aliphatic hydroxyl groups excluding tert-OH is 1. The van der Waals surface area contributed by atoms with Gasteiger partial charge in [-0.25, -0.2) is 0 Å². The highest BCUT2D eigenvalue weighted by atomic mass is 16.3. The van der Waals surface area contributed by atoms with E-state index in [1.54, 1.807) is 5.57 Å². The van der Waals surface area contributed by atoms with Crippen molar-refractivity contribution in [3.8, 4) is 0 Å². The Morgan fingerprint density at radius 1 is 1.11 bits per heavy atom. The third-order valence-electron chi connectivity index (χ3n) is 6.64. The van der Waals surface area contributed by atoms with Crippen LogP contribution in [0.2, 0.25) is 0 Å². The van der Waals surface area contributed by atoms with Crippen molar-refractivity contribution in [3.63, 3.8) is 0 Å². The number of rotatable bonds is 0. The second-order valence-electron chi connectivity index (χ2n) is 7.60. The van der Waals surface area contributed by atoms with Crippen LogP contribution in [0.15, 0.2) is 22.8 Å². The number of hydrogen-bond acceptors (Lipinski definition) is 1. The first-order chi connectivity index (χ1) is 9.17. The van der Waals surface area contributed by atoms with Gasteiger partial charge in [0.2, 0.25) is 0 Å². The summed E-state index contributed by atoms with van der Waals surface area (Å²) in [7, 11) is 0. The molecule has 0 saturated heterocycles. The number of allylic oxidation sites excluding steroid dienone is 3. The van der Waals surface area contributed by atoms with E-state index in [2.05, 4.69) is 13.0 Å². The molecule has 4 rings (SSSR count). The SMILES string of the molecule is C[C@@]12CCCC1C1CCC3=CC(O)CCC3=C1CC2. The van der Waals surface area contributed by atoms with Gasteiger partial charge in [-0.15, -0.1) is 0 Å². The second-order valence-corrected chi connectivity index (χ2v) is 7.60. The third kappa shape index (κ3) is 1.77. The van der Waals surface area contributed by atoms with Gasteiger partial charge in [0.1, 0.15) is 0 Å². The lowest BCUT2D eigenvalue weighted by molar-refractivity contribution is 0.117. The molecule has 0 radical (unpaired) electrons. The standard InChI is InChI=1S/C18H26O/c1-18-9-2-3-17(18)16-6-4-12-11-13(19)5-7-14(12)15(16)8-10-18/h11,13,16-17,19H,2-10H2,1H3/t13?,16?,17?,18-/m0/s1. The predicted molar refractivity (Wildman–Crippen MR) is 77.8 cm³/mol. The summed E-state index contributed by atoms with van der Waals surface area (Å²) in [5.41, 5.74) is 5.65. The summed E-state index contributed by atoms with van der Waals surface area (Å²) in [5.74, 6) is 1.86. The van der Waals surface area contributed by atoms with Crippen molar-refractivity contribution in [3.05, 3.63) is 22.8 Å². The number of fused-ring (bicyclic) bond motifs is 4. The van der Waals surface area contributed by atoms with Crippen LogP contribution in [0, 0.1) is 17.3 Å².